The van der Waals surface area contributed by atoms with E-state index in [0.717, 1.165) is 36.0 Å². The van der Waals surface area contributed by atoms with E-state index in [9.17, 15) is 19.1 Å². The fourth-order valence-corrected chi connectivity index (χ4v) is 4.60. The molecule has 1 aliphatic carbocycles. The molecule has 0 unspecified atom stereocenters. The molecular formula is C24H26FNO6. The summed E-state index contributed by atoms with van der Waals surface area (Å²) >= 11 is 0. The minimum atomic E-state index is -1.31. The molecule has 8 heteroatoms. The van der Waals surface area contributed by atoms with E-state index in [0.29, 0.717) is 36.3 Å². The van der Waals surface area contributed by atoms with Gasteiger partial charge in [-0.3, -0.25) is 4.79 Å². The molecule has 2 aromatic rings. The van der Waals surface area contributed by atoms with Crippen LogP contribution in [0.2, 0.25) is 0 Å². The van der Waals surface area contributed by atoms with Gasteiger partial charge in [0.05, 0.1) is 37.0 Å². The summed E-state index contributed by atoms with van der Waals surface area (Å²) in [7, 11) is 1.54. The van der Waals surface area contributed by atoms with E-state index in [-0.39, 0.29) is 18.1 Å². The molecule has 0 spiro atoms. The maximum absolute atomic E-state index is 14.2. The van der Waals surface area contributed by atoms with Gasteiger partial charge < -0.3 is 25.0 Å². The second kappa shape index (κ2) is 9.26. The first kappa shape index (κ1) is 22.2. The number of aliphatic hydroxyl groups excluding tert-OH is 1. The predicted octanol–water partition coefficient (Wildman–Crippen LogP) is 2.49. The van der Waals surface area contributed by atoms with Crippen LogP contribution in [0.3, 0.4) is 0 Å². The van der Waals surface area contributed by atoms with Crippen LogP contribution in [0.1, 0.15) is 55.8 Å². The van der Waals surface area contributed by atoms with Gasteiger partial charge in [-0.1, -0.05) is 6.07 Å². The number of hydrogen-bond acceptors (Lipinski definition) is 5. The number of ether oxygens (including phenoxy) is 2. The van der Waals surface area contributed by atoms with Crippen molar-refractivity contribution in [2.75, 3.05) is 20.3 Å². The predicted molar refractivity (Wildman–Crippen MR) is 114 cm³/mol. The first-order valence-corrected chi connectivity index (χ1v) is 10.7. The molecule has 1 aliphatic heterocycles. The zero-order chi connectivity index (χ0) is 22.8. The van der Waals surface area contributed by atoms with Crippen molar-refractivity contribution in [2.45, 2.75) is 44.2 Å². The van der Waals surface area contributed by atoms with Crippen LogP contribution < -0.4 is 10.1 Å². The number of carboxylic acids is 1. The zero-order valence-corrected chi connectivity index (χ0v) is 17.8. The SMILES string of the molecule is COc1c(C(=O)N[C@H]2CCOC[C@@H]2O)cc(Cc2ccc(C(=O)O)c(F)c2)c2c1CCC2. The van der Waals surface area contributed by atoms with Crippen LogP contribution in [0.15, 0.2) is 24.3 Å². The van der Waals surface area contributed by atoms with E-state index in [1.165, 1.54) is 19.2 Å². The lowest BCUT2D eigenvalue weighted by Crippen LogP contribution is -2.48. The molecule has 1 saturated heterocycles. The molecular weight excluding hydrogens is 417 g/mol. The van der Waals surface area contributed by atoms with Gasteiger partial charge in [-0.05, 0) is 72.6 Å². The van der Waals surface area contributed by atoms with Crippen molar-refractivity contribution in [3.8, 4) is 5.75 Å². The van der Waals surface area contributed by atoms with Gasteiger partial charge in [-0.2, -0.15) is 0 Å². The number of halogens is 1. The summed E-state index contributed by atoms with van der Waals surface area (Å²) in [5.74, 6) is -1.90. The van der Waals surface area contributed by atoms with Gasteiger partial charge in [0.25, 0.3) is 5.91 Å². The number of aliphatic hydroxyl groups is 1. The number of rotatable bonds is 6. The quantitative estimate of drug-likeness (QED) is 0.634. The molecule has 2 aliphatic rings. The molecule has 0 saturated carbocycles. The summed E-state index contributed by atoms with van der Waals surface area (Å²) in [6, 6.07) is 5.45. The fourth-order valence-electron chi connectivity index (χ4n) is 4.60. The van der Waals surface area contributed by atoms with E-state index in [1.54, 1.807) is 12.1 Å². The zero-order valence-electron chi connectivity index (χ0n) is 17.8. The highest BCUT2D eigenvalue weighted by molar-refractivity contribution is 5.98. The molecule has 170 valence electrons. The molecule has 2 aromatic carbocycles. The number of aromatic carboxylic acids is 1. The van der Waals surface area contributed by atoms with Crippen LogP contribution in [-0.4, -0.2) is 54.6 Å². The summed E-state index contributed by atoms with van der Waals surface area (Å²) in [5, 5.41) is 22.1. The standard InChI is InChI=1S/C24H26FNO6/c1-31-22-16-4-2-3-15(16)14(9-13-5-6-17(24(29)30)19(25)10-13)11-18(22)23(28)26-20-7-8-32-12-21(20)27/h5-6,10-11,20-21,27H,2-4,7-9,12H2,1H3,(H,26,28)(H,29,30)/t20-,21-/m0/s1. The van der Waals surface area contributed by atoms with Crippen molar-refractivity contribution in [3.05, 3.63) is 63.5 Å². The van der Waals surface area contributed by atoms with Crippen LogP contribution in [0.5, 0.6) is 5.75 Å². The highest BCUT2D eigenvalue weighted by Gasteiger charge is 2.29. The number of amides is 1. The van der Waals surface area contributed by atoms with Gasteiger partial charge in [0.1, 0.15) is 11.6 Å². The Hall–Kier alpha value is -2.97. The van der Waals surface area contributed by atoms with Crippen molar-refractivity contribution in [3.63, 3.8) is 0 Å². The Labute approximate surface area is 185 Å². The number of methoxy groups -OCH3 is 1. The van der Waals surface area contributed by atoms with Crippen LogP contribution in [0, 0.1) is 5.82 Å². The average molecular weight is 443 g/mol. The molecule has 2 atom stereocenters. The number of benzene rings is 2. The van der Waals surface area contributed by atoms with E-state index in [2.05, 4.69) is 5.32 Å². The number of fused-ring (bicyclic) bond motifs is 1. The summed E-state index contributed by atoms with van der Waals surface area (Å²) in [4.78, 5) is 24.2. The van der Waals surface area contributed by atoms with Gasteiger partial charge >= 0.3 is 5.97 Å². The first-order chi connectivity index (χ1) is 15.4. The van der Waals surface area contributed by atoms with Gasteiger partial charge in [-0.25, -0.2) is 9.18 Å². The van der Waals surface area contributed by atoms with Crippen molar-refractivity contribution in [1.82, 2.24) is 5.32 Å². The monoisotopic (exact) mass is 443 g/mol. The Kier molecular flexibility index (Phi) is 6.43. The molecule has 4 rings (SSSR count). The summed E-state index contributed by atoms with van der Waals surface area (Å²) < 4.78 is 25.1. The second-order valence-electron chi connectivity index (χ2n) is 8.23. The molecule has 0 bridgehead atoms. The maximum Gasteiger partial charge on any atom is 0.338 e. The lowest BCUT2D eigenvalue weighted by atomic mass is 9.92. The third-order valence-corrected chi connectivity index (χ3v) is 6.19. The van der Waals surface area contributed by atoms with Crippen LogP contribution >= 0.6 is 0 Å². The third-order valence-electron chi connectivity index (χ3n) is 6.19. The molecule has 3 N–H and O–H groups in total. The lowest BCUT2D eigenvalue weighted by Gasteiger charge is -2.29. The summed E-state index contributed by atoms with van der Waals surface area (Å²) in [6.45, 7) is 0.641. The number of carboxylic acid groups (broad SMARTS) is 1. The summed E-state index contributed by atoms with van der Waals surface area (Å²) in [6.07, 6.45) is 2.64. The van der Waals surface area contributed by atoms with Gasteiger partial charge in [-0.15, -0.1) is 0 Å². The fraction of sp³-hybridized carbons (Fsp3) is 0.417. The van der Waals surface area contributed by atoms with Crippen LogP contribution in [0.4, 0.5) is 4.39 Å². The smallest absolute Gasteiger partial charge is 0.338 e. The van der Waals surface area contributed by atoms with Gasteiger partial charge in [0, 0.05) is 6.61 Å². The Morgan fingerprint density at radius 2 is 2.00 bits per heavy atom. The normalized spacial score (nSPS) is 20.0. The number of nitrogens with one attached hydrogen (secondary N) is 1. The minimum absolute atomic E-state index is 0.176. The molecule has 1 amide bonds. The first-order valence-electron chi connectivity index (χ1n) is 10.7. The Morgan fingerprint density at radius 1 is 1.22 bits per heavy atom. The molecule has 0 aromatic heterocycles. The van der Waals surface area contributed by atoms with E-state index in [1.807, 2.05) is 0 Å². The van der Waals surface area contributed by atoms with Crippen molar-refractivity contribution < 1.29 is 33.7 Å². The van der Waals surface area contributed by atoms with E-state index < -0.39 is 23.9 Å². The minimum Gasteiger partial charge on any atom is -0.496 e. The van der Waals surface area contributed by atoms with Crippen molar-refractivity contribution in [2.24, 2.45) is 0 Å². The van der Waals surface area contributed by atoms with Crippen LogP contribution in [-0.2, 0) is 24.0 Å². The third kappa shape index (κ3) is 4.33. The number of carbonyl (C=O) groups excluding carboxylic acids is 1. The average Bonchev–Trinajstić information content (AvgIpc) is 3.25. The van der Waals surface area contributed by atoms with Gasteiger partial charge in [0.15, 0.2) is 0 Å². The van der Waals surface area contributed by atoms with Crippen molar-refractivity contribution in [1.29, 1.82) is 0 Å². The van der Waals surface area contributed by atoms with Crippen LogP contribution in [0.25, 0.3) is 0 Å². The largest absolute Gasteiger partial charge is 0.496 e. The molecule has 1 heterocycles. The van der Waals surface area contributed by atoms with Gasteiger partial charge in [0.2, 0.25) is 0 Å². The Bertz CT molecular complexity index is 1050. The Balaban J connectivity index is 1.67. The molecule has 1 fully saturated rings. The molecule has 32 heavy (non-hydrogen) atoms. The topological polar surface area (TPSA) is 105 Å². The number of hydrogen-bond donors (Lipinski definition) is 3. The maximum atomic E-state index is 14.2. The lowest BCUT2D eigenvalue weighted by molar-refractivity contribution is -0.0261. The molecule has 0 radical (unpaired) electrons. The second-order valence-corrected chi connectivity index (χ2v) is 8.23. The number of carbonyl (C=O) groups is 2. The Morgan fingerprint density at radius 3 is 2.69 bits per heavy atom. The highest BCUT2D eigenvalue weighted by Crippen LogP contribution is 2.37. The molecule has 7 nitrogen and oxygen atoms in total. The van der Waals surface area contributed by atoms with E-state index in [4.69, 9.17) is 14.6 Å². The summed E-state index contributed by atoms with van der Waals surface area (Å²) in [5.41, 5.74) is 3.59. The van der Waals surface area contributed by atoms with E-state index >= 15 is 0 Å². The van der Waals surface area contributed by atoms with Crippen molar-refractivity contribution >= 4 is 11.9 Å². The highest BCUT2D eigenvalue weighted by atomic mass is 19.1.